The highest BCUT2D eigenvalue weighted by Gasteiger charge is 2.46. The predicted molar refractivity (Wildman–Crippen MR) is 153 cm³/mol. The summed E-state index contributed by atoms with van der Waals surface area (Å²) in [6, 6.07) is 22.0. The van der Waals surface area contributed by atoms with Gasteiger partial charge in [0.25, 0.3) is 11.7 Å². The summed E-state index contributed by atoms with van der Waals surface area (Å²) >= 11 is 3.51. The zero-order chi connectivity index (χ0) is 27.2. The van der Waals surface area contributed by atoms with E-state index in [9.17, 15) is 14.7 Å². The summed E-state index contributed by atoms with van der Waals surface area (Å²) in [4.78, 5) is 30.4. The van der Waals surface area contributed by atoms with Gasteiger partial charge in [-0.25, -0.2) is 0 Å². The van der Waals surface area contributed by atoms with Crippen LogP contribution in [0.25, 0.3) is 5.76 Å². The maximum Gasteiger partial charge on any atom is 0.295 e. The molecule has 1 fully saturated rings. The van der Waals surface area contributed by atoms with Crippen molar-refractivity contribution in [1.82, 2.24) is 9.80 Å². The Morgan fingerprint density at radius 3 is 2.39 bits per heavy atom. The fraction of sp³-hybridized carbons (Fsp3) is 0.290. The summed E-state index contributed by atoms with van der Waals surface area (Å²) < 4.78 is 6.81. The van der Waals surface area contributed by atoms with E-state index in [0.717, 1.165) is 34.3 Å². The number of hydrogen-bond acceptors (Lipinski definition) is 5. The number of aliphatic hydroxyl groups excluding tert-OH is 1. The Morgan fingerprint density at radius 1 is 1.00 bits per heavy atom. The first kappa shape index (κ1) is 27.6. The zero-order valence-corrected chi connectivity index (χ0v) is 23.6. The van der Waals surface area contributed by atoms with E-state index in [2.05, 4.69) is 34.7 Å². The van der Waals surface area contributed by atoms with Gasteiger partial charge < -0.3 is 19.6 Å². The fourth-order valence-electron chi connectivity index (χ4n) is 4.77. The maximum atomic E-state index is 13.3. The van der Waals surface area contributed by atoms with E-state index in [0.29, 0.717) is 31.0 Å². The minimum Gasteiger partial charge on any atom is -0.507 e. The molecule has 0 aliphatic carbocycles. The average Bonchev–Trinajstić information content (AvgIpc) is 3.18. The summed E-state index contributed by atoms with van der Waals surface area (Å²) in [5, 5.41) is 11.4. The second-order valence-electron chi connectivity index (χ2n) is 9.33. The van der Waals surface area contributed by atoms with E-state index in [4.69, 9.17) is 4.74 Å². The van der Waals surface area contributed by atoms with E-state index in [1.807, 2.05) is 61.5 Å². The van der Waals surface area contributed by atoms with Crippen LogP contribution >= 0.6 is 15.9 Å². The lowest BCUT2D eigenvalue weighted by Crippen LogP contribution is -2.38. The minimum atomic E-state index is -0.683. The Bertz CT molecular complexity index is 1330. The first-order valence-electron chi connectivity index (χ1n) is 12.9. The van der Waals surface area contributed by atoms with Gasteiger partial charge in [-0.15, -0.1) is 0 Å². The quantitative estimate of drug-likeness (QED) is 0.179. The molecule has 1 heterocycles. The van der Waals surface area contributed by atoms with Crippen molar-refractivity contribution in [3.63, 3.8) is 0 Å². The lowest BCUT2D eigenvalue weighted by Gasteiger charge is -2.28. The van der Waals surface area contributed by atoms with Gasteiger partial charge in [0.1, 0.15) is 18.1 Å². The molecule has 1 amide bonds. The minimum absolute atomic E-state index is 0.102. The maximum absolute atomic E-state index is 13.3. The smallest absolute Gasteiger partial charge is 0.295 e. The third kappa shape index (κ3) is 6.00. The lowest BCUT2D eigenvalue weighted by atomic mass is 9.95. The number of ketones is 1. The van der Waals surface area contributed by atoms with Crippen molar-refractivity contribution < 1.29 is 19.4 Å². The highest BCUT2D eigenvalue weighted by molar-refractivity contribution is 9.10. The third-order valence-electron chi connectivity index (χ3n) is 6.94. The van der Waals surface area contributed by atoms with E-state index in [-0.39, 0.29) is 11.3 Å². The Labute approximate surface area is 232 Å². The molecule has 1 atom stereocenters. The van der Waals surface area contributed by atoms with Gasteiger partial charge in [-0.2, -0.15) is 0 Å². The number of ether oxygens (including phenoxy) is 1. The summed E-state index contributed by atoms with van der Waals surface area (Å²) in [7, 11) is 0. The number of likely N-dealkylation sites (tertiary alicyclic amines) is 1. The summed E-state index contributed by atoms with van der Waals surface area (Å²) in [6.07, 6.45) is 0. The van der Waals surface area contributed by atoms with Crippen molar-refractivity contribution in [2.75, 3.05) is 26.2 Å². The van der Waals surface area contributed by atoms with Crippen molar-refractivity contribution >= 4 is 33.4 Å². The number of aliphatic hydroxyl groups is 1. The van der Waals surface area contributed by atoms with Gasteiger partial charge in [0.05, 0.1) is 11.6 Å². The van der Waals surface area contributed by atoms with Crippen molar-refractivity contribution in [3.05, 3.63) is 105 Å². The number of likely N-dealkylation sites (N-methyl/N-ethyl adjacent to an activating group) is 1. The molecule has 0 radical (unpaired) electrons. The van der Waals surface area contributed by atoms with Crippen LogP contribution < -0.4 is 4.74 Å². The van der Waals surface area contributed by atoms with E-state index in [1.54, 1.807) is 23.1 Å². The van der Waals surface area contributed by atoms with E-state index in [1.165, 1.54) is 0 Å². The van der Waals surface area contributed by atoms with Crippen molar-refractivity contribution in [1.29, 1.82) is 0 Å². The van der Waals surface area contributed by atoms with Gasteiger partial charge in [-0.1, -0.05) is 72.2 Å². The average molecular weight is 578 g/mol. The molecular weight excluding hydrogens is 544 g/mol. The van der Waals surface area contributed by atoms with Gasteiger partial charge in [0.2, 0.25) is 0 Å². The van der Waals surface area contributed by atoms with Gasteiger partial charge in [0.15, 0.2) is 0 Å². The second-order valence-corrected chi connectivity index (χ2v) is 10.2. The molecule has 7 heteroatoms. The molecule has 1 saturated heterocycles. The number of amides is 1. The second kappa shape index (κ2) is 12.4. The summed E-state index contributed by atoms with van der Waals surface area (Å²) in [5.74, 6) is -0.762. The van der Waals surface area contributed by atoms with Gasteiger partial charge >= 0.3 is 0 Å². The molecule has 198 valence electrons. The molecular formula is C31H33BrN2O4. The number of hydrogen-bond donors (Lipinski definition) is 1. The molecule has 0 aromatic heterocycles. The van der Waals surface area contributed by atoms with Crippen molar-refractivity contribution in [2.45, 2.75) is 33.4 Å². The van der Waals surface area contributed by atoms with Crippen molar-refractivity contribution in [2.24, 2.45) is 0 Å². The van der Waals surface area contributed by atoms with Gasteiger partial charge in [-0.3, -0.25) is 9.59 Å². The first-order chi connectivity index (χ1) is 18.3. The van der Waals surface area contributed by atoms with Crippen LogP contribution in [-0.4, -0.2) is 52.8 Å². The number of rotatable bonds is 10. The summed E-state index contributed by atoms with van der Waals surface area (Å²) in [6.45, 7) is 9.17. The molecule has 3 aromatic rings. The van der Waals surface area contributed by atoms with E-state index < -0.39 is 17.7 Å². The first-order valence-corrected chi connectivity index (χ1v) is 13.7. The standard InChI is InChI=1S/C31H33BrN2O4/c1-4-33(5-2)16-17-34-28(23-12-9-13-25(32)19-23)27(30(36)31(34)37)29(35)24-14-15-26(21(3)18-24)38-20-22-10-7-6-8-11-22/h6-15,18-19,28,35H,4-5,16-17,20H2,1-3H3/t28-/m1/s1. The number of Topliss-reactive ketones (excluding diaryl/α,β-unsaturated/α-hetero) is 1. The Morgan fingerprint density at radius 2 is 1.74 bits per heavy atom. The molecule has 1 aliphatic rings. The Balaban J connectivity index is 1.69. The highest BCUT2D eigenvalue weighted by Crippen LogP contribution is 2.40. The molecule has 6 nitrogen and oxygen atoms in total. The van der Waals surface area contributed by atoms with Crippen LogP contribution in [-0.2, 0) is 16.2 Å². The number of carbonyl (C=O) groups excluding carboxylic acids is 2. The lowest BCUT2D eigenvalue weighted by molar-refractivity contribution is -0.140. The van der Waals surface area contributed by atoms with Gasteiger partial charge in [-0.05, 0) is 67.0 Å². The zero-order valence-electron chi connectivity index (χ0n) is 22.0. The van der Waals surface area contributed by atoms with Crippen LogP contribution in [0.15, 0.2) is 82.8 Å². The molecule has 3 aromatic carbocycles. The third-order valence-corrected chi connectivity index (χ3v) is 7.43. The van der Waals surface area contributed by atoms with Crippen LogP contribution in [0.3, 0.4) is 0 Å². The number of aryl methyl sites for hydroxylation is 1. The largest absolute Gasteiger partial charge is 0.507 e. The SMILES string of the molecule is CCN(CC)CCN1C(=O)C(=O)C(=C(O)c2ccc(OCc3ccccc3)c(C)c2)[C@H]1c1cccc(Br)c1. The molecule has 1 aliphatic heterocycles. The number of halogens is 1. The van der Waals surface area contributed by atoms with Gasteiger partial charge in [0, 0.05) is 23.1 Å². The molecule has 1 N–H and O–H groups in total. The molecule has 4 rings (SSSR count). The molecule has 0 saturated carbocycles. The van der Waals surface area contributed by atoms with Crippen LogP contribution in [0.1, 0.15) is 42.1 Å². The predicted octanol–water partition coefficient (Wildman–Crippen LogP) is 6.10. The number of carbonyl (C=O) groups is 2. The molecule has 38 heavy (non-hydrogen) atoms. The van der Waals surface area contributed by atoms with E-state index >= 15 is 0 Å². The molecule has 0 bridgehead atoms. The normalized spacial score (nSPS) is 16.9. The fourth-order valence-corrected chi connectivity index (χ4v) is 5.19. The Kier molecular flexibility index (Phi) is 9.02. The molecule has 0 unspecified atom stereocenters. The highest BCUT2D eigenvalue weighted by atomic mass is 79.9. The van der Waals surface area contributed by atoms with Crippen LogP contribution in [0.5, 0.6) is 5.75 Å². The van der Waals surface area contributed by atoms with Crippen LogP contribution in [0.2, 0.25) is 0 Å². The van der Waals surface area contributed by atoms with Crippen LogP contribution in [0, 0.1) is 6.92 Å². The Hall–Kier alpha value is -3.42. The summed E-state index contributed by atoms with van der Waals surface area (Å²) in [5.41, 5.74) is 3.21. The number of nitrogens with zero attached hydrogens (tertiary/aromatic N) is 2. The topological polar surface area (TPSA) is 70.1 Å². The van der Waals surface area contributed by atoms with Crippen LogP contribution in [0.4, 0.5) is 0 Å². The molecule has 0 spiro atoms. The van der Waals surface area contributed by atoms with Crippen molar-refractivity contribution in [3.8, 4) is 5.75 Å². The number of benzene rings is 3. The monoisotopic (exact) mass is 576 g/mol.